The first-order valence-electron chi connectivity index (χ1n) is 4.81. The molecule has 96 valence electrons. The maximum Gasteiger partial charge on any atom is 0.338 e. The number of carbonyl (C=O) groups is 3. The van der Waals surface area contributed by atoms with Crippen LogP contribution < -0.4 is 22.5 Å². The monoisotopic (exact) mass is 252 g/mol. The van der Waals surface area contributed by atoms with Crippen molar-refractivity contribution in [1.82, 2.24) is 5.32 Å². The second-order valence-corrected chi connectivity index (χ2v) is 3.38. The topological polar surface area (TPSA) is 151 Å². The molecule has 0 saturated heterocycles. The molecule has 0 heterocycles. The predicted molar refractivity (Wildman–Crippen MR) is 63.3 cm³/mol. The zero-order valence-corrected chi connectivity index (χ0v) is 9.30. The summed E-state index contributed by atoms with van der Waals surface area (Å²) in [6.07, 6.45) is 0. The largest absolute Gasteiger partial charge is 0.452 e. The summed E-state index contributed by atoms with van der Waals surface area (Å²) in [5, 5.41) is 1.75. The Labute approximate surface area is 102 Å². The van der Waals surface area contributed by atoms with Crippen LogP contribution in [-0.2, 0) is 9.53 Å². The van der Waals surface area contributed by atoms with Crippen LogP contribution >= 0.6 is 0 Å². The van der Waals surface area contributed by atoms with Crippen LogP contribution in [-0.4, -0.2) is 24.5 Å². The zero-order valence-electron chi connectivity index (χ0n) is 9.30. The summed E-state index contributed by atoms with van der Waals surface area (Å²) in [7, 11) is 0. The van der Waals surface area contributed by atoms with Crippen LogP contribution in [0.4, 0.5) is 16.2 Å². The Bertz CT molecular complexity index is 480. The number of benzene rings is 1. The van der Waals surface area contributed by atoms with Gasteiger partial charge in [-0.3, -0.25) is 10.1 Å². The predicted octanol–water partition coefficient (Wildman–Crippen LogP) is -0.797. The third-order valence-corrected chi connectivity index (χ3v) is 1.81. The number of amides is 3. The van der Waals surface area contributed by atoms with E-state index >= 15 is 0 Å². The Kier molecular flexibility index (Phi) is 4.08. The average Bonchev–Trinajstić information content (AvgIpc) is 2.23. The van der Waals surface area contributed by atoms with Gasteiger partial charge in [0.2, 0.25) is 0 Å². The maximum absolute atomic E-state index is 11.5. The number of carbonyl (C=O) groups excluding carboxylic acids is 3. The zero-order chi connectivity index (χ0) is 13.7. The van der Waals surface area contributed by atoms with Crippen molar-refractivity contribution in [3.63, 3.8) is 0 Å². The van der Waals surface area contributed by atoms with E-state index in [0.29, 0.717) is 11.4 Å². The fraction of sp³-hybridized carbons (Fsp3) is 0.100. The summed E-state index contributed by atoms with van der Waals surface area (Å²) >= 11 is 0. The number of esters is 1. The summed E-state index contributed by atoms with van der Waals surface area (Å²) in [6, 6.07) is 3.15. The van der Waals surface area contributed by atoms with E-state index in [1.165, 1.54) is 18.2 Å². The van der Waals surface area contributed by atoms with E-state index in [1.54, 1.807) is 5.32 Å². The van der Waals surface area contributed by atoms with Crippen LogP contribution in [0, 0.1) is 0 Å². The van der Waals surface area contributed by atoms with Gasteiger partial charge in [0.05, 0.1) is 5.56 Å². The molecular weight excluding hydrogens is 240 g/mol. The Morgan fingerprint density at radius 1 is 1.11 bits per heavy atom. The molecule has 1 aromatic rings. The van der Waals surface area contributed by atoms with Gasteiger partial charge in [0.15, 0.2) is 6.61 Å². The van der Waals surface area contributed by atoms with Crippen molar-refractivity contribution in [3.8, 4) is 0 Å². The van der Waals surface area contributed by atoms with Crippen molar-refractivity contribution in [2.24, 2.45) is 5.73 Å². The van der Waals surface area contributed by atoms with Gasteiger partial charge in [-0.15, -0.1) is 0 Å². The van der Waals surface area contributed by atoms with Gasteiger partial charge < -0.3 is 21.9 Å². The Morgan fingerprint density at radius 3 is 2.17 bits per heavy atom. The number of rotatable bonds is 3. The Hall–Kier alpha value is -2.77. The number of nitrogen functional groups attached to an aromatic ring is 2. The minimum absolute atomic E-state index is 0.111. The lowest BCUT2D eigenvalue weighted by Crippen LogP contribution is -2.37. The molecule has 0 bridgehead atoms. The lowest BCUT2D eigenvalue weighted by molar-refractivity contribution is -0.123. The minimum Gasteiger partial charge on any atom is -0.452 e. The number of ether oxygens (including phenoxy) is 1. The van der Waals surface area contributed by atoms with Gasteiger partial charge in [-0.05, 0) is 18.2 Å². The molecule has 1 aromatic carbocycles. The van der Waals surface area contributed by atoms with E-state index in [4.69, 9.17) is 17.2 Å². The number of urea groups is 1. The second kappa shape index (κ2) is 5.53. The van der Waals surface area contributed by atoms with Crippen LogP contribution in [0.1, 0.15) is 10.4 Å². The number of hydrogen-bond acceptors (Lipinski definition) is 6. The highest BCUT2D eigenvalue weighted by atomic mass is 16.5. The third-order valence-electron chi connectivity index (χ3n) is 1.81. The molecule has 0 saturated carbocycles. The maximum atomic E-state index is 11.5. The van der Waals surface area contributed by atoms with Crippen LogP contribution in [0.25, 0.3) is 0 Å². The van der Waals surface area contributed by atoms with E-state index in [1.807, 2.05) is 0 Å². The van der Waals surface area contributed by atoms with Gasteiger partial charge >= 0.3 is 12.0 Å². The van der Waals surface area contributed by atoms with Crippen molar-refractivity contribution in [1.29, 1.82) is 0 Å². The number of nitrogens with one attached hydrogen (secondary N) is 1. The number of nitrogens with two attached hydrogens (primary N) is 3. The molecule has 3 amide bonds. The molecule has 0 radical (unpaired) electrons. The first kappa shape index (κ1) is 13.3. The first-order chi connectivity index (χ1) is 8.38. The van der Waals surface area contributed by atoms with Gasteiger partial charge in [-0.1, -0.05) is 0 Å². The molecule has 7 N–H and O–H groups in total. The molecule has 0 aliphatic carbocycles. The van der Waals surface area contributed by atoms with Crippen molar-refractivity contribution < 1.29 is 19.1 Å². The molecule has 8 nitrogen and oxygen atoms in total. The molecule has 0 spiro atoms. The van der Waals surface area contributed by atoms with E-state index < -0.39 is 24.5 Å². The molecule has 0 aromatic heterocycles. The summed E-state index contributed by atoms with van der Waals surface area (Å²) < 4.78 is 4.63. The fourth-order valence-electron chi connectivity index (χ4n) is 1.18. The van der Waals surface area contributed by atoms with Gasteiger partial charge in [-0.25, -0.2) is 9.59 Å². The van der Waals surface area contributed by atoms with Crippen molar-refractivity contribution >= 4 is 29.3 Å². The molecule has 0 aliphatic rings. The van der Waals surface area contributed by atoms with Gasteiger partial charge in [-0.2, -0.15) is 0 Å². The lowest BCUT2D eigenvalue weighted by Gasteiger charge is -2.05. The first-order valence-corrected chi connectivity index (χ1v) is 4.81. The number of primary amides is 1. The normalized spacial score (nSPS) is 9.56. The van der Waals surface area contributed by atoms with Crippen LogP contribution in [0.2, 0.25) is 0 Å². The standard InChI is InChI=1S/C10H12N4O4/c11-6-1-5(2-7(12)3-6)9(16)18-4-8(15)14-10(13)17/h1-3H,4,11-12H2,(H3,13,14,15,17). The number of imide groups is 1. The summed E-state index contributed by atoms with van der Waals surface area (Å²) in [6.45, 7) is -0.628. The van der Waals surface area contributed by atoms with Crippen LogP contribution in [0.3, 0.4) is 0 Å². The summed E-state index contributed by atoms with van der Waals surface area (Å²) in [5.74, 6) is -1.61. The number of hydrogen-bond donors (Lipinski definition) is 4. The van der Waals surface area contributed by atoms with Crippen molar-refractivity contribution in [3.05, 3.63) is 23.8 Å². The molecular formula is C10H12N4O4. The molecule has 0 aliphatic heterocycles. The SMILES string of the molecule is NC(=O)NC(=O)COC(=O)c1cc(N)cc(N)c1. The second-order valence-electron chi connectivity index (χ2n) is 3.38. The lowest BCUT2D eigenvalue weighted by atomic mass is 10.2. The third kappa shape index (κ3) is 4.00. The smallest absolute Gasteiger partial charge is 0.338 e. The quantitative estimate of drug-likeness (QED) is 0.408. The fourth-order valence-corrected chi connectivity index (χ4v) is 1.18. The van der Waals surface area contributed by atoms with E-state index in [-0.39, 0.29) is 5.56 Å². The Balaban J connectivity index is 2.60. The molecule has 0 unspecified atom stereocenters. The highest BCUT2D eigenvalue weighted by Crippen LogP contribution is 2.14. The van der Waals surface area contributed by atoms with Crippen molar-refractivity contribution in [2.75, 3.05) is 18.1 Å². The number of anilines is 2. The summed E-state index contributed by atoms with van der Waals surface area (Å²) in [5.41, 5.74) is 16.4. The summed E-state index contributed by atoms with van der Waals surface area (Å²) in [4.78, 5) is 32.8. The Morgan fingerprint density at radius 2 is 1.67 bits per heavy atom. The highest BCUT2D eigenvalue weighted by Gasteiger charge is 2.12. The molecule has 8 heteroatoms. The minimum atomic E-state index is -1.02. The molecule has 0 atom stereocenters. The van der Waals surface area contributed by atoms with E-state index in [0.717, 1.165) is 0 Å². The van der Waals surface area contributed by atoms with Crippen LogP contribution in [0.5, 0.6) is 0 Å². The highest BCUT2D eigenvalue weighted by molar-refractivity contribution is 5.97. The van der Waals surface area contributed by atoms with E-state index in [9.17, 15) is 14.4 Å². The molecule has 18 heavy (non-hydrogen) atoms. The van der Waals surface area contributed by atoms with Crippen LogP contribution in [0.15, 0.2) is 18.2 Å². The molecule has 1 rings (SSSR count). The van der Waals surface area contributed by atoms with Gasteiger partial charge in [0, 0.05) is 11.4 Å². The molecule has 0 fully saturated rings. The van der Waals surface area contributed by atoms with Crippen molar-refractivity contribution in [2.45, 2.75) is 0 Å². The average molecular weight is 252 g/mol. The van der Waals surface area contributed by atoms with Gasteiger partial charge in [0.1, 0.15) is 0 Å². The van der Waals surface area contributed by atoms with Gasteiger partial charge in [0.25, 0.3) is 5.91 Å². The van der Waals surface area contributed by atoms with E-state index in [2.05, 4.69) is 4.74 Å².